The number of carboxylic acid groups (broad SMARTS) is 1. The molecule has 1 rings (SSSR count). The fourth-order valence-corrected chi connectivity index (χ4v) is 2.40. The summed E-state index contributed by atoms with van der Waals surface area (Å²) < 4.78 is 5.58. The molecule has 0 amide bonds. The molecule has 0 heterocycles. The lowest BCUT2D eigenvalue weighted by molar-refractivity contribution is -0.122. The molecule has 0 saturated heterocycles. The van der Waals surface area contributed by atoms with Crippen molar-refractivity contribution >= 4 is 12.3 Å². The van der Waals surface area contributed by atoms with E-state index >= 15 is 0 Å². The molecular weight excluding hydrogens is 390 g/mol. The van der Waals surface area contributed by atoms with Crippen LogP contribution in [0, 0.1) is 13.8 Å². The highest BCUT2D eigenvalue weighted by Gasteiger charge is 2.10. The van der Waals surface area contributed by atoms with Gasteiger partial charge in [0.15, 0.2) is 5.78 Å². The number of carbonyl (C=O) groups excluding carboxylic acids is 1. The third-order valence-electron chi connectivity index (χ3n) is 4.04. The average Bonchev–Trinajstić information content (AvgIpc) is 2.77. The molecule has 1 unspecified atom stereocenters. The summed E-state index contributed by atoms with van der Waals surface area (Å²) in [5, 5.41) is 6.89. The second-order valence-electron chi connectivity index (χ2n) is 6.57. The molecule has 1 atom stereocenters. The van der Waals surface area contributed by atoms with Crippen molar-refractivity contribution in [2.45, 2.75) is 120 Å². The Morgan fingerprint density at radius 3 is 1.71 bits per heavy atom. The van der Waals surface area contributed by atoms with Gasteiger partial charge in [0, 0.05) is 5.56 Å². The molecular formula is C26H51NO4. The summed E-state index contributed by atoms with van der Waals surface area (Å²) in [4.78, 5) is 19.7. The third kappa shape index (κ3) is 22.6. The van der Waals surface area contributed by atoms with E-state index in [1.54, 1.807) is 6.92 Å². The van der Waals surface area contributed by atoms with Crippen molar-refractivity contribution in [2.75, 3.05) is 0 Å². The molecule has 0 spiro atoms. The van der Waals surface area contributed by atoms with Crippen LogP contribution in [-0.4, -0.2) is 23.6 Å². The Hall–Kier alpha value is -1.88. The molecule has 0 aliphatic carbocycles. The van der Waals surface area contributed by atoms with Gasteiger partial charge in [0.2, 0.25) is 0 Å². The summed E-state index contributed by atoms with van der Waals surface area (Å²) >= 11 is 0. The predicted molar refractivity (Wildman–Crippen MR) is 135 cm³/mol. The number of hydrogen-bond acceptors (Lipinski definition) is 4. The van der Waals surface area contributed by atoms with Gasteiger partial charge in [-0.2, -0.15) is 0 Å². The summed E-state index contributed by atoms with van der Waals surface area (Å²) in [5.41, 5.74) is 8.35. The van der Waals surface area contributed by atoms with E-state index < -0.39 is 0 Å². The zero-order valence-corrected chi connectivity index (χ0v) is 22.0. The van der Waals surface area contributed by atoms with Gasteiger partial charge in [-0.25, -0.2) is 0 Å². The highest BCUT2D eigenvalue weighted by Crippen LogP contribution is 2.24. The van der Waals surface area contributed by atoms with E-state index in [0.29, 0.717) is 0 Å². The predicted octanol–water partition coefficient (Wildman–Crippen LogP) is 7.70. The summed E-state index contributed by atoms with van der Waals surface area (Å²) in [6.45, 7) is 19.6. The Morgan fingerprint density at radius 2 is 1.39 bits per heavy atom. The van der Waals surface area contributed by atoms with Crippen LogP contribution in [0.1, 0.15) is 122 Å². The lowest BCUT2D eigenvalue weighted by Crippen LogP contribution is -2.26. The number of nitrogens with two attached hydrogens (primary N) is 1. The number of unbranched alkanes of at least 4 members (excludes halogenated alkanes) is 5. The normalized spacial score (nSPS) is 9.65. The zero-order valence-electron chi connectivity index (χ0n) is 22.0. The van der Waals surface area contributed by atoms with E-state index in [0.717, 1.165) is 28.9 Å². The van der Waals surface area contributed by atoms with E-state index in [9.17, 15) is 4.79 Å². The molecule has 0 aliphatic heterocycles. The Labute approximate surface area is 192 Å². The summed E-state index contributed by atoms with van der Waals surface area (Å²) in [6, 6.07) is 3.73. The molecule has 0 saturated carbocycles. The quantitative estimate of drug-likeness (QED) is 0.177. The van der Waals surface area contributed by atoms with Gasteiger partial charge in [-0.15, -0.1) is 0 Å². The van der Waals surface area contributed by atoms with Crippen molar-refractivity contribution in [3.8, 4) is 5.75 Å². The minimum Gasteiger partial charge on any atom is -0.483 e. The molecule has 31 heavy (non-hydrogen) atoms. The average molecular weight is 442 g/mol. The molecule has 5 heteroatoms. The Balaban J connectivity index is -0.000000204. The molecule has 3 N–H and O–H groups in total. The Morgan fingerprint density at radius 1 is 0.968 bits per heavy atom. The topological polar surface area (TPSA) is 89.6 Å². The summed E-state index contributed by atoms with van der Waals surface area (Å²) in [7, 11) is 0. The van der Waals surface area contributed by atoms with Crippen molar-refractivity contribution in [3.05, 3.63) is 28.8 Å². The van der Waals surface area contributed by atoms with Gasteiger partial charge in [0.05, 0.1) is 0 Å². The van der Waals surface area contributed by atoms with Gasteiger partial charge in [0.1, 0.15) is 12.0 Å². The second-order valence-corrected chi connectivity index (χ2v) is 6.57. The maximum atomic E-state index is 11.3. The SMILES string of the molecule is CC.CC.CCC(N)Oc1cc(C)c(C(C)=O)cc1C.CCCCCCCC.O=CO. The van der Waals surface area contributed by atoms with Gasteiger partial charge in [-0.1, -0.05) is 87.0 Å². The highest BCUT2D eigenvalue weighted by atomic mass is 16.5. The van der Waals surface area contributed by atoms with E-state index in [1.165, 1.54) is 38.5 Å². The minimum absolute atomic E-state index is 0.0759. The molecule has 0 aromatic heterocycles. The fraction of sp³-hybridized carbons (Fsp3) is 0.692. The molecule has 1 aromatic rings. The van der Waals surface area contributed by atoms with Gasteiger partial charge >= 0.3 is 0 Å². The number of aryl methyl sites for hydroxylation is 2. The number of benzene rings is 1. The maximum Gasteiger partial charge on any atom is 0.290 e. The first kappa shape index (κ1) is 36.5. The number of ketones is 1. The van der Waals surface area contributed by atoms with Crippen molar-refractivity contribution in [3.63, 3.8) is 0 Å². The first-order chi connectivity index (χ1) is 14.8. The van der Waals surface area contributed by atoms with Crippen LogP contribution >= 0.6 is 0 Å². The van der Waals surface area contributed by atoms with Crippen molar-refractivity contribution in [1.29, 1.82) is 0 Å². The van der Waals surface area contributed by atoms with Crippen molar-refractivity contribution in [2.24, 2.45) is 5.73 Å². The highest BCUT2D eigenvalue weighted by molar-refractivity contribution is 5.95. The summed E-state index contributed by atoms with van der Waals surface area (Å²) in [5.74, 6) is 0.837. The van der Waals surface area contributed by atoms with Gasteiger partial charge in [-0.05, 0) is 50.5 Å². The maximum absolute atomic E-state index is 11.3. The van der Waals surface area contributed by atoms with Crippen molar-refractivity contribution in [1.82, 2.24) is 0 Å². The van der Waals surface area contributed by atoms with Crippen LogP contribution in [0.4, 0.5) is 0 Å². The largest absolute Gasteiger partial charge is 0.483 e. The third-order valence-corrected chi connectivity index (χ3v) is 4.04. The van der Waals surface area contributed by atoms with Crippen LogP contribution in [0.5, 0.6) is 5.75 Å². The number of carbonyl (C=O) groups is 2. The molecule has 0 aliphatic rings. The smallest absolute Gasteiger partial charge is 0.290 e. The van der Waals surface area contributed by atoms with E-state index in [2.05, 4.69) is 13.8 Å². The van der Waals surface area contributed by atoms with Crippen LogP contribution in [0.2, 0.25) is 0 Å². The molecule has 0 bridgehead atoms. The molecule has 1 aromatic carbocycles. The molecule has 0 fully saturated rings. The van der Waals surface area contributed by atoms with Crippen LogP contribution in [0.15, 0.2) is 12.1 Å². The minimum atomic E-state index is -0.290. The van der Waals surface area contributed by atoms with Gasteiger partial charge in [-0.3, -0.25) is 15.3 Å². The number of rotatable bonds is 9. The number of Topliss-reactive ketones (excluding diaryl/α,β-unsaturated/α-hetero) is 1. The van der Waals surface area contributed by atoms with Crippen LogP contribution in [0.25, 0.3) is 0 Å². The van der Waals surface area contributed by atoms with E-state index in [4.69, 9.17) is 20.4 Å². The second kappa shape index (κ2) is 28.1. The molecule has 5 nitrogen and oxygen atoms in total. The lowest BCUT2D eigenvalue weighted by atomic mass is 10.0. The van der Waals surface area contributed by atoms with E-state index in [-0.39, 0.29) is 18.5 Å². The fourth-order valence-electron chi connectivity index (χ4n) is 2.40. The monoisotopic (exact) mass is 441 g/mol. The standard InChI is InChI=1S/C13H19NO2.C8H18.2C2H6.CH2O2/c1-5-13(14)16-12-7-8(2)11(10(4)15)6-9(12)3;1-3-5-7-8-6-4-2;2*1-2;2-1-3/h6-7,13H,5,14H2,1-4H3;3-8H2,1-2H3;2*1-2H3;1H,(H,2,3). The van der Waals surface area contributed by atoms with E-state index in [1.807, 2.05) is 60.6 Å². The van der Waals surface area contributed by atoms with Crippen LogP contribution < -0.4 is 10.5 Å². The molecule has 0 radical (unpaired) electrons. The number of hydrogen-bond donors (Lipinski definition) is 2. The Bertz CT molecular complexity index is 524. The number of ether oxygens (including phenoxy) is 1. The Kier molecular flexibility index (Phi) is 33.1. The summed E-state index contributed by atoms with van der Waals surface area (Å²) in [6.07, 6.45) is 8.95. The van der Waals surface area contributed by atoms with Crippen LogP contribution in [-0.2, 0) is 4.79 Å². The molecule has 184 valence electrons. The van der Waals surface area contributed by atoms with Crippen molar-refractivity contribution < 1.29 is 19.4 Å². The first-order valence-electron chi connectivity index (χ1n) is 11.9. The zero-order chi connectivity index (χ0) is 25.2. The van der Waals surface area contributed by atoms with Gasteiger partial charge in [0.25, 0.3) is 6.47 Å². The first-order valence-corrected chi connectivity index (χ1v) is 11.9. The van der Waals surface area contributed by atoms with Crippen LogP contribution in [0.3, 0.4) is 0 Å². The van der Waals surface area contributed by atoms with Gasteiger partial charge < -0.3 is 9.84 Å². The lowest BCUT2D eigenvalue weighted by Gasteiger charge is -2.16.